The van der Waals surface area contributed by atoms with Gasteiger partial charge in [-0.1, -0.05) is 6.07 Å². The number of hydrogen-bond acceptors (Lipinski definition) is 7. The normalized spacial score (nSPS) is 11.7. The molecule has 3 aromatic rings. The molecular formula is C23H28N2O5S2. The fourth-order valence-electron chi connectivity index (χ4n) is 2.99. The Hall–Kier alpha value is -2.46. The summed E-state index contributed by atoms with van der Waals surface area (Å²) in [6.07, 6.45) is 0. The van der Waals surface area contributed by atoms with Crippen molar-refractivity contribution in [1.82, 2.24) is 9.29 Å². The number of rotatable bonds is 11. The molecule has 172 valence electrons. The van der Waals surface area contributed by atoms with E-state index < -0.39 is 10.0 Å². The van der Waals surface area contributed by atoms with E-state index in [-0.39, 0.29) is 24.6 Å². The average molecular weight is 477 g/mol. The van der Waals surface area contributed by atoms with Crippen LogP contribution in [0, 0.1) is 13.8 Å². The highest BCUT2D eigenvalue weighted by Crippen LogP contribution is 2.23. The molecule has 0 saturated carbocycles. The predicted molar refractivity (Wildman–Crippen MR) is 125 cm³/mol. The van der Waals surface area contributed by atoms with Crippen LogP contribution in [0.2, 0.25) is 0 Å². The van der Waals surface area contributed by atoms with E-state index in [1.165, 1.54) is 46.0 Å². The summed E-state index contributed by atoms with van der Waals surface area (Å²) in [6.45, 7) is 5.08. The second kappa shape index (κ2) is 10.9. The van der Waals surface area contributed by atoms with Crippen molar-refractivity contribution >= 4 is 21.4 Å². The zero-order chi connectivity index (χ0) is 23.1. The van der Waals surface area contributed by atoms with E-state index >= 15 is 0 Å². The number of ether oxygens (including phenoxy) is 3. The van der Waals surface area contributed by atoms with Crippen molar-refractivity contribution in [3.05, 3.63) is 69.7 Å². The molecule has 0 unspecified atom stereocenters. The van der Waals surface area contributed by atoms with Crippen molar-refractivity contribution in [2.45, 2.75) is 31.9 Å². The van der Waals surface area contributed by atoms with E-state index in [4.69, 9.17) is 14.2 Å². The Morgan fingerprint density at radius 2 is 1.72 bits per heavy atom. The Morgan fingerprint density at radius 1 is 1.00 bits per heavy atom. The van der Waals surface area contributed by atoms with Gasteiger partial charge in [-0.2, -0.15) is 4.31 Å². The molecule has 32 heavy (non-hydrogen) atoms. The van der Waals surface area contributed by atoms with Crippen molar-refractivity contribution in [2.75, 3.05) is 27.4 Å². The third-order valence-electron chi connectivity index (χ3n) is 5.02. The summed E-state index contributed by atoms with van der Waals surface area (Å²) in [4.78, 5) is 4.77. The Morgan fingerprint density at radius 3 is 2.38 bits per heavy atom. The van der Waals surface area contributed by atoms with Gasteiger partial charge in [0.15, 0.2) is 0 Å². The van der Waals surface area contributed by atoms with Crippen LogP contribution in [0.15, 0.2) is 52.7 Å². The largest absolute Gasteiger partial charge is 0.497 e. The molecule has 0 aliphatic heterocycles. The van der Waals surface area contributed by atoms with Gasteiger partial charge < -0.3 is 14.2 Å². The van der Waals surface area contributed by atoms with Crippen molar-refractivity contribution in [3.8, 4) is 11.5 Å². The second-order valence-electron chi connectivity index (χ2n) is 7.27. The first-order valence-electron chi connectivity index (χ1n) is 10.1. The molecule has 0 N–H and O–H groups in total. The Bertz CT molecular complexity index is 1130. The molecule has 1 aromatic heterocycles. The fraction of sp³-hybridized carbons (Fsp3) is 0.348. The van der Waals surface area contributed by atoms with Crippen LogP contribution in [0.5, 0.6) is 11.5 Å². The number of nitrogens with zero attached hydrogens (tertiary/aromatic N) is 2. The van der Waals surface area contributed by atoms with E-state index in [9.17, 15) is 8.42 Å². The molecule has 0 aliphatic carbocycles. The maximum atomic E-state index is 13.2. The van der Waals surface area contributed by atoms with E-state index in [0.29, 0.717) is 18.1 Å². The van der Waals surface area contributed by atoms with E-state index in [1.54, 1.807) is 19.2 Å². The lowest BCUT2D eigenvalue weighted by atomic mass is 10.1. The first kappa shape index (κ1) is 24.2. The number of aryl methyl sites for hydroxylation is 2. The highest BCUT2D eigenvalue weighted by atomic mass is 32.2. The summed E-state index contributed by atoms with van der Waals surface area (Å²) in [5, 5.41) is 2.65. The molecule has 0 amide bonds. The van der Waals surface area contributed by atoms with E-state index in [0.717, 1.165) is 10.8 Å². The minimum absolute atomic E-state index is 0.151. The first-order chi connectivity index (χ1) is 15.3. The molecule has 9 heteroatoms. The van der Waals surface area contributed by atoms with Crippen LogP contribution in [-0.2, 0) is 27.9 Å². The summed E-state index contributed by atoms with van der Waals surface area (Å²) < 4.78 is 43.9. The minimum Gasteiger partial charge on any atom is -0.497 e. The van der Waals surface area contributed by atoms with E-state index in [2.05, 4.69) is 11.9 Å². The molecule has 0 radical (unpaired) electrons. The third-order valence-corrected chi connectivity index (χ3v) is 7.75. The van der Waals surface area contributed by atoms with Gasteiger partial charge >= 0.3 is 0 Å². The standard InChI is InChI=1S/C23H28N2O5S2/c1-17-5-6-21(13-18(17)2)30-15-23-24-19(16-31-23)14-25(11-12-28-3)32(26,27)22-9-7-20(29-4)8-10-22/h5-10,13,16H,11-12,14-15H2,1-4H3. The van der Waals surface area contributed by atoms with Gasteiger partial charge in [-0.3, -0.25) is 0 Å². The number of thiazole rings is 1. The molecular weight excluding hydrogens is 448 g/mol. The lowest BCUT2D eigenvalue weighted by molar-refractivity contribution is 0.177. The molecule has 1 heterocycles. The van der Waals surface area contributed by atoms with Crippen LogP contribution in [0.4, 0.5) is 0 Å². The predicted octanol–water partition coefficient (Wildman–Crippen LogP) is 4.18. The third kappa shape index (κ3) is 6.07. The van der Waals surface area contributed by atoms with Gasteiger partial charge in [0.1, 0.15) is 23.1 Å². The number of aromatic nitrogens is 1. The van der Waals surface area contributed by atoms with Crippen LogP contribution in [0.25, 0.3) is 0 Å². The molecule has 0 saturated heterocycles. The van der Waals surface area contributed by atoms with Crippen molar-refractivity contribution in [2.24, 2.45) is 0 Å². The highest BCUT2D eigenvalue weighted by molar-refractivity contribution is 7.89. The van der Waals surface area contributed by atoms with Crippen molar-refractivity contribution in [3.63, 3.8) is 0 Å². The molecule has 0 spiro atoms. The number of hydrogen-bond donors (Lipinski definition) is 0. The van der Waals surface area contributed by atoms with Crippen molar-refractivity contribution in [1.29, 1.82) is 0 Å². The second-order valence-corrected chi connectivity index (χ2v) is 10.2. The monoisotopic (exact) mass is 476 g/mol. The minimum atomic E-state index is -3.72. The van der Waals surface area contributed by atoms with Crippen LogP contribution in [-0.4, -0.2) is 45.1 Å². The quantitative estimate of drug-likeness (QED) is 0.413. The summed E-state index contributed by atoms with van der Waals surface area (Å²) in [5.41, 5.74) is 3.05. The lowest BCUT2D eigenvalue weighted by Gasteiger charge is -2.21. The summed E-state index contributed by atoms with van der Waals surface area (Å²) >= 11 is 1.45. The number of benzene rings is 2. The summed E-state index contributed by atoms with van der Waals surface area (Å²) in [6, 6.07) is 12.3. The maximum absolute atomic E-state index is 13.2. The number of sulfonamides is 1. The molecule has 0 aliphatic rings. The van der Waals surface area contributed by atoms with Gasteiger partial charge in [0, 0.05) is 19.0 Å². The Labute approximate surface area is 193 Å². The maximum Gasteiger partial charge on any atom is 0.243 e. The SMILES string of the molecule is COCCN(Cc1csc(COc2ccc(C)c(C)c2)n1)S(=O)(=O)c1ccc(OC)cc1. The lowest BCUT2D eigenvalue weighted by Crippen LogP contribution is -2.33. The highest BCUT2D eigenvalue weighted by Gasteiger charge is 2.25. The van der Waals surface area contributed by atoms with Gasteiger partial charge in [0.2, 0.25) is 10.0 Å². The van der Waals surface area contributed by atoms with Crippen molar-refractivity contribution < 1.29 is 22.6 Å². The smallest absolute Gasteiger partial charge is 0.243 e. The Kier molecular flexibility index (Phi) is 8.25. The van der Waals surface area contributed by atoms with Crippen LogP contribution >= 0.6 is 11.3 Å². The van der Waals surface area contributed by atoms with E-state index in [1.807, 2.05) is 30.5 Å². The fourth-order valence-corrected chi connectivity index (χ4v) is 5.08. The molecule has 3 rings (SSSR count). The molecule has 0 fully saturated rings. The molecule has 0 bridgehead atoms. The molecule has 7 nitrogen and oxygen atoms in total. The first-order valence-corrected chi connectivity index (χ1v) is 12.4. The topological polar surface area (TPSA) is 78.0 Å². The van der Waals surface area contributed by atoms with Gasteiger partial charge in [-0.15, -0.1) is 11.3 Å². The summed E-state index contributed by atoms with van der Waals surface area (Å²) in [5.74, 6) is 1.38. The zero-order valence-corrected chi connectivity index (χ0v) is 20.3. The number of methoxy groups -OCH3 is 2. The van der Waals surface area contributed by atoms with Gasteiger partial charge in [0.05, 0.1) is 30.9 Å². The van der Waals surface area contributed by atoms with Crippen LogP contribution in [0.3, 0.4) is 0 Å². The van der Waals surface area contributed by atoms with Gasteiger partial charge in [-0.25, -0.2) is 13.4 Å². The molecule has 2 aromatic carbocycles. The average Bonchev–Trinajstić information content (AvgIpc) is 3.24. The Balaban J connectivity index is 1.71. The van der Waals surface area contributed by atoms with Crippen LogP contribution in [0.1, 0.15) is 21.8 Å². The van der Waals surface area contributed by atoms with Gasteiger partial charge in [0.25, 0.3) is 0 Å². The summed E-state index contributed by atoms with van der Waals surface area (Å²) in [7, 11) is -0.636. The van der Waals surface area contributed by atoms with Crippen LogP contribution < -0.4 is 9.47 Å². The zero-order valence-electron chi connectivity index (χ0n) is 18.7. The van der Waals surface area contributed by atoms with Gasteiger partial charge in [-0.05, 0) is 61.4 Å². The molecule has 0 atom stereocenters.